The summed E-state index contributed by atoms with van der Waals surface area (Å²) in [7, 11) is 0. The molecule has 54 heavy (non-hydrogen) atoms. The highest BCUT2D eigenvalue weighted by atomic mass is 16.3. The van der Waals surface area contributed by atoms with E-state index in [0.29, 0.717) is 0 Å². The Bertz CT molecular complexity index is 2810. The molecule has 2 nitrogen and oxygen atoms in total. The summed E-state index contributed by atoms with van der Waals surface area (Å²) in [6, 6.07) is 76.0. The molecule has 0 N–H and O–H groups in total. The van der Waals surface area contributed by atoms with Crippen molar-refractivity contribution in [1.82, 2.24) is 0 Å². The van der Waals surface area contributed by atoms with Crippen LogP contribution in [0.5, 0.6) is 0 Å². The van der Waals surface area contributed by atoms with Gasteiger partial charge < -0.3 is 9.32 Å². The zero-order valence-electron chi connectivity index (χ0n) is 29.6. The van der Waals surface area contributed by atoms with E-state index in [1.165, 1.54) is 33.2 Å². The molecule has 0 unspecified atom stereocenters. The summed E-state index contributed by atoms with van der Waals surface area (Å²) in [5.74, 6) is 0. The highest BCUT2D eigenvalue weighted by Crippen LogP contribution is 2.45. The first-order chi connectivity index (χ1) is 26.8. The molecule has 0 saturated carbocycles. The van der Waals surface area contributed by atoms with E-state index in [-0.39, 0.29) is 0 Å². The van der Waals surface area contributed by atoms with Crippen LogP contribution in [0.4, 0.5) is 17.1 Å². The molecule has 0 aliphatic rings. The van der Waals surface area contributed by atoms with E-state index in [1.54, 1.807) is 0 Å². The van der Waals surface area contributed by atoms with E-state index in [4.69, 9.17) is 4.42 Å². The topological polar surface area (TPSA) is 16.4 Å². The number of nitrogens with zero attached hydrogens (tertiary/aromatic N) is 1. The summed E-state index contributed by atoms with van der Waals surface area (Å²) < 4.78 is 6.27. The molecule has 10 rings (SSSR count). The molecule has 1 aromatic heterocycles. The molecule has 9 aromatic carbocycles. The predicted octanol–water partition coefficient (Wildman–Crippen LogP) is 14.9. The number of benzene rings is 9. The van der Waals surface area contributed by atoms with E-state index in [1.807, 2.05) is 12.1 Å². The predicted molar refractivity (Wildman–Crippen MR) is 228 cm³/mol. The van der Waals surface area contributed by atoms with Gasteiger partial charge in [0.25, 0.3) is 0 Å². The maximum atomic E-state index is 6.27. The highest BCUT2D eigenvalue weighted by molar-refractivity contribution is 6.13. The quantitative estimate of drug-likeness (QED) is 0.166. The Morgan fingerprint density at radius 2 is 0.833 bits per heavy atom. The number of anilines is 3. The van der Waals surface area contributed by atoms with Crippen molar-refractivity contribution in [3.05, 3.63) is 212 Å². The molecular weight excluding hydrogens is 655 g/mol. The fourth-order valence-corrected chi connectivity index (χ4v) is 7.79. The highest BCUT2D eigenvalue weighted by Gasteiger charge is 2.20. The van der Waals surface area contributed by atoms with E-state index in [9.17, 15) is 0 Å². The number of hydrogen-bond donors (Lipinski definition) is 0. The largest absolute Gasteiger partial charge is 0.456 e. The molecule has 0 aliphatic heterocycles. The third-order valence-electron chi connectivity index (χ3n) is 10.5. The van der Waals surface area contributed by atoms with Gasteiger partial charge in [-0.15, -0.1) is 0 Å². The van der Waals surface area contributed by atoms with Gasteiger partial charge in [-0.1, -0.05) is 158 Å². The minimum absolute atomic E-state index is 0.911. The van der Waals surface area contributed by atoms with Gasteiger partial charge in [0.15, 0.2) is 0 Å². The Balaban J connectivity index is 1.16. The van der Waals surface area contributed by atoms with Crippen LogP contribution in [0.1, 0.15) is 0 Å². The average molecular weight is 690 g/mol. The lowest BCUT2D eigenvalue weighted by molar-refractivity contribution is 0.669. The van der Waals surface area contributed by atoms with Crippen molar-refractivity contribution in [2.45, 2.75) is 0 Å². The summed E-state index contributed by atoms with van der Waals surface area (Å²) in [4.78, 5) is 2.39. The second-order valence-electron chi connectivity index (χ2n) is 13.7. The van der Waals surface area contributed by atoms with Crippen molar-refractivity contribution in [3.8, 4) is 44.5 Å². The number of fused-ring (bicyclic) bond motifs is 4. The molecule has 0 amide bonds. The maximum Gasteiger partial charge on any atom is 0.136 e. The standard InChI is InChI=1S/C52H35NO/c1-4-13-36(14-5-1)38-23-28-43(29-24-38)53(44-30-25-39(26-31-44)37-15-6-2-7-16-37)50-32-27-42(33-48(50)40-17-8-3-9-18-40)45-21-12-19-41-34-52-49(35-47(41)45)46-20-10-11-22-51(46)54-52/h1-35H. The molecule has 0 atom stereocenters. The molecule has 254 valence electrons. The second kappa shape index (κ2) is 13.4. The van der Waals surface area contributed by atoms with Gasteiger partial charge in [0, 0.05) is 27.7 Å². The first-order valence-corrected chi connectivity index (χ1v) is 18.4. The second-order valence-corrected chi connectivity index (χ2v) is 13.7. The van der Waals surface area contributed by atoms with Gasteiger partial charge in [0.2, 0.25) is 0 Å². The summed E-state index contributed by atoms with van der Waals surface area (Å²) >= 11 is 0. The molecule has 0 spiro atoms. The number of furan rings is 1. The fraction of sp³-hybridized carbons (Fsp3) is 0. The molecule has 10 aromatic rings. The van der Waals surface area contributed by atoms with Crippen molar-refractivity contribution in [2.75, 3.05) is 4.90 Å². The molecule has 0 bridgehead atoms. The third-order valence-corrected chi connectivity index (χ3v) is 10.5. The van der Waals surface area contributed by atoms with E-state index < -0.39 is 0 Å². The van der Waals surface area contributed by atoms with Gasteiger partial charge >= 0.3 is 0 Å². The van der Waals surface area contributed by atoms with E-state index >= 15 is 0 Å². The molecule has 0 radical (unpaired) electrons. The zero-order valence-corrected chi connectivity index (χ0v) is 29.6. The van der Waals surface area contributed by atoms with Crippen molar-refractivity contribution in [1.29, 1.82) is 0 Å². The van der Waals surface area contributed by atoms with Crippen LogP contribution in [-0.4, -0.2) is 0 Å². The summed E-state index contributed by atoms with van der Waals surface area (Å²) in [5.41, 5.74) is 14.5. The molecule has 2 heteroatoms. The van der Waals surface area contributed by atoms with Gasteiger partial charge in [0.1, 0.15) is 11.2 Å². The van der Waals surface area contributed by atoms with Crippen LogP contribution in [-0.2, 0) is 0 Å². The molecular formula is C52H35NO. The van der Waals surface area contributed by atoms with Gasteiger partial charge in [-0.2, -0.15) is 0 Å². The Labute approximate surface area is 314 Å². The van der Waals surface area contributed by atoms with Crippen LogP contribution in [0.3, 0.4) is 0 Å². The third kappa shape index (κ3) is 5.71. The average Bonchev–Trinajstić information content (AvgIpc) is 3.62. The van der Waals surface area contributed by atoms with Crippen molar-refractivity contribution < 1.29 is 4.42 Å². The first kappa shape index (κ1) is 31.6. The van der Waals surface area contributed by atoms with E-state index in [0.717, 1.165) is 61.1 Å². The van der Waals surface area contributed by atoms with Gasteiger partial charge in [-0.25, -0.2) is 0 Å². The van der Waals surface area contributed by atoms with Crippen LogP contribution in [0.2, 0.25) is 0 Å². The molecule has 0 aliphatic carbocycles. The monoisotopic (exact) mass is 689 g/mol. The van der Waals surface area contributed by atoms with E-state index in [2.05, 4.69) is 205 Å². The zero-order chi connectivity index (χ0) is 35.8. The Kier molecular flexibility index (Phi) is 7.85. The van der Waals surface area contributed by atoms with Crippen LogP contribution in [0, 0.1) is 0 Å². The fourth-order valence-electron chi connectivity index (χ4n) is 7.79. The van der Waals surface area contributed by atoms with Crippen LogP contribution < -0.4 is 4.90 Å². The lowest BCUT2D eigenvalue weighted by Crippen LogP contribution is -2.11. The van der Waals surface area contributed by atoms with Crippen LogP contribution in [0.25, 0.3) is 77.2 Å². The molecule has 0 fully saturated rings. The summed E-state index contributed by atoms with van der Waals surface area (Å²) in [5, 5.41) is 4.63. The van der Waals surface area contributed by atoms with Crippen molar-refractivity contribution in [3.63, 3.8) is 0 Å². The SMILES string of the molecule is c1ccc(-c2ccc(N(c3ccc(-c4ccccc4)cc3)c3ccc(-c4cccc5cc6oc7ccccc7c6cc45)cc3-c3ccccc3)cc2)cc1. The molecule has 1 heterocycles. The summed E-state index contributed by atoms with van der Waals surface area (Å²) in [6.45, 7) is 0. The van der Waals surface area contributed by atoms with Crippen LogP contribution >= 0.6 is 0 Å². The van der Waals surface area contributed by atoms with Gasteiger partial charge in [0.05, 0.1) is 5.69 Å². The number of hydrogen-bond acceptors (Lipinski definition) is 2. The lowest BCUT2D eigenvalue weighted by Gasteiger charge is -2.29. The minimum atomic E-state index is 0.911. The normalized spacial score (nSPS) is 11.3. The maximum absolute atomic E-state index is 6.27. The smallest absolute Gasteiger partial charge is 0.136 e. The Hall–Kier alpha value is -7.16. The Morgan fingerprint density at radius 1 is 0.296 bits per heavy atom. The first-order valence-electron chi connectivity index (χ1n) is 18.4. The number of rotatable bonds is 7. The Morgan fingerprint density at radius 3 is 1.46 bits per heavy atom. The van der Waals surface area contributed by atoms with Gasteiger partial charge in [-0.3, -0.25) is 0 Å². The number of para-hydroxylation sites is 1. The van der Waals surface area contributed by atoms with Crippen LogP contribution in [0.15, 0.2) is 217 Å². The van der Waals surface area contributed by atoms with Gasteiger partial charge in [-0.05, 0) is 104 Å². The summed E-state index contributed by atoms with van der Waals surface area (Å²) in [6.07, 6.45) is 0. The lowest BCUT2D eigenvalue weighted by atomic mass is 9.92. The molecule has 0 saturated heterocycles. The minimum Gasteiger partial charge on any atom is -0.456 e. The van der Waals surface area contributed by atoms with Crippen molar-refractivity contribution >= 4 is 49.8 Å². The van der Waals surface area contributed by atoms with Crippen molar-refractivity contribution in [2.24, 2.45) is 0 Å².